The molecule has 0 spiro atoms. The van der Waals surface area contributed by atoms with Gasteiger partial charge in [0.15, 0.2) is 0 Å². The maximum absolute atomic E-state index is 10.3. The van der Waals surface area contributed by atoms with Gasteiger partial charge < -0.3 is 14.8 Å². The molecule has 1 unspecified atom stereocenters. The maximum atomic E-state index is 10.3. The highest BCUT2D eigenvalue weighted by Gasteiger charge is 2.15. The standard InChI is InChI=1S/C16H14Cl3N3O/c17-10-4-5-15-21-11(9-22(15)8-10)6-20-7-14(23)16-12(18)2-1-3-13(16)19/h1-5,8-9,14,20,23H,6-7H2. The molecule has 2 aromatic heterocycles. The van der Waals surface area contributed by atoms with Crippen molar-refractivity contribution in [1.82, 2.24) is 14.7 Å². The van der Waals surface area contributed by atoms with E-state index in [-0.39, 0.29) is 0 Å². The molecule has 120 valence electrons. The highest BCUT2D eigenvalue weighted by atomic mass is 35.5. The smallest absolute Gasteiger partial charge is 0.137 e. The summed E-state index contributed by atoms with van der Waals surface area (Å²) in [4.78, 5) is 4.47. The molecule has 23 heavy (non-hydrogen) atoms. The van der Waals surface area contributed by atoms with Crippen molar-refractivity contribution in [3.05, 3.63) is 69.1 Å². The van der Waals surface area contributed by atoms with E-state index in [2.05, 4.69) is 10.3 Å². The average molecular weight is 371 g/mol. The minimum Gasteiger partial charge on any atom is -0.387 e. The topological polar surface area (TPSA) is 49.6 Å². The Labute approximate surface area is 148 Å². The Kier molecular flexibility index (Phi) is 5.09. The lowest BCUT2D eigenvalue weighted by molar-refractivity contribution is 0.174. The predicted molar refractivity (Wildman–Crippen MR) is 93.3 cm³/mol. The molecule has 0 amide bonds. The molecule has 2 heterocycles. The zero-order valence-corrected chi connectivity index (χ0v) is 14.3. The van der Waals surface area contributed by atoms with Crippen LogP contribution in [0.5, 0.6) is 0 Å². The number of aliphatic hydroxyl groups excluding tert-OH is 1. The molecule has 0 bridgehead atoms. The van der Waals surface area contributed by atoms with Crippen molar-refractivity contribution in [2.75, 3.05) is 6.54 Å². The quantitative estimate of drug-likeness (QED) is 0.710. The zero-order chi connectivity index (χ0) is 16.4. The Hall–Kier alpha value is -1.30. The molecule has 0 saturated carbocycles. The van der Waals surface area contributed by atoms with E-state index in [0.717, 1.165) is 11.3 Å². The Bertz CT molecular complexity index is 814. The maximum Gasteiger partial charge on any atom is 0.137 e. The lowest BCUT2D eigenvalue weighted by atomic mass is 10.1. The third-order valence-electron chi connectivity index (χ3n) is 3.44. The monoisotopic (exact) mass is 369 g/mol. The van der Waals surface area contributed by atoms with Gasteiger partial charge in [-0.1, -0.05) is 40.9 Å². The number of hydrogen-bond acceptors (Lipinski definition) is 3. The van der Waals surface area contributed by atoms with E-state index in [1.807, 2.05) is 16.7 Å². The number of halogens is 3. The molecule has 0 saturated heterocycles. The van der Waals surface area contributed by atoms with E-state index in [1.54, 1.807) is 30.5 Å². The Balaban J connectivity index is 1.64. The molecule has 0 aliphatic rings. The van der Waals surface area contributed by atoms with Crippen molar-refractivity contribution in [2.24, 2.45) is 0 Å². The first-order chi connectivity index (χ1) is 11.0. The molecule has 0 aliphatic carbocycles. The van der Waals surface area contributed by atoms with Gasteiger partial charge in [-0.15, -0.1) is 0 Å². The fraction of sp³-hybridized carbons (Fsp3) is 0.188. The molecule has 0 aliphatic heterocycles. The van der Waals surface area contributed by atoms with Crippen LogP contribution in [0.3, 0.4) is 0 Å². The van der Waals surface area contributed by atoms with Crippen molar-refractivity contribution in [3.63, 3.8) is 0 Å². The number of nitrogens with one attached hydrogen (secondary N) is 1. The van der Waals surface area contributed by atoms with Crippen molar-refractivity contribution >= 4 is 40.4 Å². The summed E-state index contributed by atoms with van der Waals surface area (Å²) < 4.78 is 1.86. The molecule has 0 radical (unpaired) electrons. The molecule has 1 aromatic carbocycles. The largest absolute Gasteiger partial charge is 0.387 e. The minimum absolute atomic E-state index is 0.318. The number of hydrogen-bond donors (Lipinski definition) is 2. The number of rotatable bonds is 5. The van der Waals surface area contributed by atoms with Gasteiger partial charge in [0.1, 0.15) is 5.65 Å². The molecular weight excluding hydrogens is 357 g/mol. The van der Waals surface area contributed by atoms with Crippen LogP contribution in [-0.4, -0.2) is 21.0 Å². The minimum atomic E-state index is -0.789. The lowest BCUT2D eigenvalue weighted by Gasteiger charge is -2.14. The summed E-state index contributed by atoms with van der Waals surface area (Å²) in [5.74, 6) is 0. The summed E-state index contributed by atoms with van der Waals surface area (Å²) in [6.45, 7) is 0.830. The molecule has 0 fully saturated rings. The van der Waals surface area contributed by atoms with Gasteiger partial charge in [-0.3, -0.25) is 0 Å². The number of pyridine rings is 1. The van der Waals surface area contributed by atoms with Crippen molar-refractivity contribution in [3.8, 4) is 0 Å². The van der Waals surface area contributed by atoms with Crippen LogP contribution in [0.1, 0.15) is 17.4 Å². The average Bonchev–Trinajstić information content (AvgIpc) is 2.88. The van der Waals surface area contributed by atoms with Crippen molar-refractivity contribution in [1.29, 1.82) is 0 Å². The first-order valence-electron chi connectivity index (χ1n) is 7.00. The molecular formula is C16H14Cl3N3O. The van der Waals surface area contributed by atoms with Gasteiger partial charge in [0.25, 0.3) is 0 Å². The van der Waals surface area contributed by atoms with Crippen molar-refractivity contribution in [2.45, 2.75) is 12.6 Å². The molecule has 1 atom stereocenters. The normalized spacial score (nSPS) is 12.7. The number of aromatic nitrogens is 2. The third kappa shape index (κ3) is 3.79. The number of nitrogens with zero attached hydrogens (tertiary/aromatic N) is 2. The Morgan fingerprint density at radius 3 is 2.57 bits per heavy atom. The highest BCUT2D eigenvalue weighted by Crippen LogP contribution is 2.29. The van der Waals surface area contributed by atoms with Crippen molar-refractivity contribution < 1.29 is 5.11 Å². The Morgan fingerprint density at radius 1 is 1.09 bits per heavy atom. The van der Waals surface area contributed by atoms with Crippen LogP contribution in [0.15, 0.2) is 42.7 Å². The second kappa shape index (κ2) is 7.07. The zero-order valence-electron chi connectivity index (χ0n) is 12.0. The molecule has 3 aromatic rings. The fourth-order valence-corrected chi connectivity index (χ4v) is 3.19. The van der Waals surface area contributed by atoms with E-state index >= 15 is 0 Å². The van der Waals surface area contributed by atoms with Gasteiger partial charge >= 0.3 is 0 Å². The molecule has 2 N–H and O–H groups in total. The van der Waals surface area contributed by atoms with Crippen LogP contribution >= 0.6 is 34.8 Å². The van der Waals surface area contributed by atoms with Gasteiger partial charge in [-0.2, -0.15) is 0 Å². The third-order valence-corrected chi connectivity index (χ3v) is 4.32. The van der Waals surface area contributed by atoms with Gasteiger partial charge in [-0.05, 0) is 24.3 Å². The van der Waals surface area contributed by atoms with E-state index in [4.69, 9.17) is 34.8 Å². The van der Waals surface area contributed by atoms with Gasteiger partial charge in [-0.25, -0.2) is 4.98 Å². The van der Waals surface area contributed by atoms with Crippen LogP contribution in [0, 0.1) is 0 Å². The van der Waals surface area contributed by atoms with E-state index in [0.29, 0.717) is 33.7 Å². The van der Waals surface area contributed by atoms with E-state index in [9.17, 15) is 5.11 Å². The molecule has 7 heteroatoms. The summed E-state index contributed by atoms with van der Waals surface area (Å²) in [7, 11) is 0. The summed E-state index contributed by atoms with van der Waals surface area (Å²) in [5.41, 5.74) is 2.20. The Morgan fingerprint density at radius 2 is 1.83 bits per heavy atom. The number of benzene rings is 1. The molecule has 4 nitrogen and oxygen atoms in total. The summed E-state index contributed by atoms with van der Waals surface area (Å²) in [5, 5.41) is 15.0. The van der Waals surface area contributed by atoms with E-state index in [1.165, 1.54) is 0 Å². The van der Waals surface area contributed by atoms with Gasteiger partial charge in [0.05, 0.1) is 16.8 Å². The first-order valence-corrected chi connectivity index (χ1v) is 8.14. The number of aliphatic hydroxyl groups is 1. The van der Waals surface area contributed by atoms with Crippen LogP contribution in [0.2, 0.25) is 15.1 Å². The fourth-order valence-electron chi connectivity index (χ4n) is 2.37. The first kappa shape index (κ1) is 16.6. The van der Waals surface area contributed by atoms with Gasteiger partial charge in [0.2, 0.25) is 0 Å². The van der Waals surface area contributed by atoms with Gasteiger partial charge in [0, 0.05) is 41.1 Å². The van der Waals surface area contributed by atoms with Crippen LogP contribution in [0.4, 0.5) is 0 Å². The highest BCUT2D eigenvalue weighted by molar-refractivity contribution is 6.36. The van der Waals surface area contributed by atoms with E-state index < -0.39 is 6.10 Å². The SMILES string of the molecule is OC(CNCc1cn2cc(Cl)ccc2n1)c1c(Cl)cccc1Cl. The summed E-state index contributed by atoms with van der Waals surface area (Å²) in [6.07, 6.45) is 2.90. The number of fused-ring (bicyclic) bond motifs is 1. The second-order valence-corrected chi connectivity index (χ2v) is 6.38. The van der Waals surface area contributed by atoms with Crippen LogP contribution in [0.25, 0.3) is 5.65 Å². The lowest BCUT2D eigenvalue weighted by Crippen LogP contribution is -2.21. The number of imidazole rings is 1. The summed E-state index contributed by atoms with van der Waals surface area (Å²) >= 11 is 18.1. The second-order valence-electron chi connectivity index (χ2n) is 5.13. The summed E-state index contributed by atoms with van der Waals surface area (Å²) in [6, 6.07) is 8.81. The molecule has 3 rings (SSSR count). The van der Waals surface area contributed by atoms with Crippen LogP contribution < -0.4 is 5.32 Å². The predicted octanol–water partition coefficient (Wildman–Crippen LogP) is 4.12. The van der Waals surface area contributed by atoms with Crippen LogP contribution in [-0.2, 0) is 6.54 Å².